The third-order valence-electron chi connectivity index (χ3n) is 5.07. The van der Waals surface area contributed by atoms with Crippen molar-refractivity contribution in [2.75, 3.05) is 31.6 Å². The number of aliphatic carboxylic acids is 1. The summed E-state index contributed by atoms with van der Waals surface area (Å²) in [6.07, 6.45) is 4.62. The quantitative estimate of drug-likeness (QED) is 0.488. The maximum absolute atomic E-state index is 13.0. The number of nitrogens with one attached hydrogen (secondary N) is 1. The number of carbonyl (C=O) groups excluding carboxylic acids is 3. The number of carboxylic acid groups (broad SMARTS) is 1. The van der Waals surface area contributed by atoms with E-state index < -0.39 is 30.0 Å². The van der Waals surface area contributed by atoms with E-state index in [1.165, 1.54) is 9.80 Å². The molecule has 2 heterocycles. The van der Waals surface area contributed by atoms with Gasteiger partial charge < -0.3 is 26.0 Å². The number of nitrogens with two attached hydrogens (primary N) is 1. The summed E-state index contributed by atoms with van der Waals surface area (Å²) in [7, 11) is 0. The average Bonchev–Trinajstić information content (AvgIpc) is 3.33. The smallest absolute Gasteiger partial charge is 0.326 e. The van der Waals surface area contributed by atoms with E-state index in [0.717, 1.165) is 0 Å². The molecule has 3 atom stereocenters. The molecule has 3 unspecified atom stereocenters. The Hall–Kier alpha value is -1.81. The van der Waals surface area contributed by atoms with Crippen molar-refractivity contribution in [3.8, 4) is 0 Å². The van der Waals surface area contributed by atoms with Gasteiger partial charge in [0.05, 0.1) is 6.54 Å². The molecular weight excluding hydrogens is 372 g/mol. The number of likely N-dealkylation sites (tertiary alicyclic amines) is 2. The minimum atomic E-state index is -1.01. The molecule has 0 saturated carbocycles. The maximum Gasteiger partial charge on any atom is 0.326 e. The zero-order valence-electron chi connectivity index (χ0n) is 15.6. The third-order valence-corrected chi connectivity index (χ3v) is 5.72. The van der Waals surface area contributed by atoms with Gasteiger partial charge in [-0.2, -0.15) is 11.8 Å². The molecule has 152 valence electrons. The highest BCUT2D eigenvalue weighted by Gasteiger charge is 2.43. The lowest BCUT2D eigenvalue weighted by Crippen LogP contribution is -2.56. The van der Waals surface area contributed by atoms with Crippen LogP contribution in [0.2, 0.25) is 0 Å². The van der Waals surface area contributed by atoms with Gasteiger partial charge in [0.25, 0.3) is 0 Å². The lowest BCUT2D eigenvalue weighted by molar-refractivity contribution is -0.152. The molecule has 0 aromatic carbocycles. The van der Waals surface area contributed by atoms with Crippen LogP contribution in [-0.4, -0.2) is 88.4 Å². The molecule has 0 spiro atoms. The van der Waals surface area contributed by atoms with Gasteiger partial charge in [-0.1, -0.05) is 0 Å². The van der Waals surface area contributed by atoms with Crippen molar-refractivity contribution >= 4 is 35.5 Å². The predicted octanol–water partition coefficient (Wildman–Crippen LogP) is -0.750. The first-order chi connectivity index (χ1) is 12.9. The largest absolute Gasteiger partial charge is 0.480 e. The Morgan fingerprint density at radius 1 is 1.15 bits per heavy atom. The summed E-state index contributed by atoms with van der Waals surface area (Å²) in [5.74, 6) is -1.35. The van der Waals surface area contributed by atoms with Crippen molar-refractivity contribution < 1.29 is 24.3 Å². The van der Waals surface area contributed by atoms with E-state index in [1.54, 1.807) is 11.8 Å². The van der Waals surface area contributed by atoms with Gasteiger partial charge in [-0.3, -0.25) is 14.4 Å². The van der Waals surface area contributed by atoms with Gasteiger partial charge >= 0.3 is 5.97 Å². The van der Waals surface area contributed by atoms with Crippen molar-refractivity contribution in [2.45, 2.75) is 50.2 Å². The van der Waals surface area contributed by atoms with E-state index in [-0.39, 0.29) is 18.4 Å². The maximum atomic E-state index is 13.0. The molecule has 2 fully saturated rings. The normalized spacial score (nSPS) is 23.3. The molecule has 2 aliphatic rings. The summed E-state index contributed by atoms with van der Waals surface area (Å²) in [6, 6.07) is -2.21. The highest BCUT2D eigenvalue weighted by molar-refractivity contribution is 7.98. The molecule has 4 N–H and O–H groups in total. The van der Waals surface area contributed by atoms with Crippen LogP contribution in [-0.2, 0) is 19.2 Å². The number of thioether (sulfide) groups is 1. The molecule has 2 saturated heterocycles. The fourth-order valence-electron chi connectivity index (χ4n) is 3.71. The summed E-state index contributed by atoms with van der Waals surface area (Å²) in [5, 5.41) is 12.0. The molecule has 27 heavy (non-hydrogen) atoms. The molecule has 2 aliphatic heterocycles. The van der Waals surface area contributed by atoms with Gasteiger partial charge in [0.15, 0.2) is 0 Å². The molecule has 2 rings (SSSR count). The van der Waals surface area contributed by atoms with E-state index >= 15 is 0 Å². The second-order valence-electron chi connectivity index (χ2n) is 6.82. The van der Waals surface area contributed by atoms with Crippen LogP contribution in [0.3, 0.4) is 0 Å². The molecule has 0 aromatic heterocycles. The van der Waals surface area contributed by atoms with Crippen LogP contribution < -0.4 is 11.1 Å². The molecule has 0 bridgehead atoms. The monoisotopic (exact) mass is 400 g/mol. The number of carboxylic acids is 1. The molecule has 0 aliphatic carbocycles. The van der Waals surface area contributed by atoms with Crippen LogP contribution in [0.5, 0.6) is 0 Å². The van der Waals surface area contributed by atoms with Crippen molar-refractivity contribution in [3.05, 3.63) is 0 Å². The van der Waals surface area contributed by atoms with Crippen LogP contribution in [0.4, 0.5) is 0 Å². The first-order valence-electron chi connectivity index (χ1n) is 9.22. The van der Waals surface area contributed by atoms with Gasteiger partial charge in [0, 0.05) is 13.1 Å². The summed E-state index contributed by atoms with van der Waals surface area (Å²) in [4.78, 5) is 51.9. The Morgan fingerprint density at radius 2 is 1.78 bits per heavy atom. The first-order valence-corrected chi connectivity index (χ1v) is 10.6. The first kappa shape index (κ1) is 21.5. The zero-order chi connectivity index (χ0) is 20.0. The highest BCUT2D eigenvalue weighted by atomic mass is 32.2. The Balaban J connectivity index is 2.12. The summed E-state index contributed by atoms with van der Waals surface area (Å²) in [5.41, 5.74) is 5.35. The lowest BCUT2D eigenvalue weighted by Gasteiger charge is -2.32. The van der Waals surface area contributed by atoms with Gasteiger partial charge in [0.2, 0.25) is 17.7 Å². The number of rotatable bonds is 8. The van der Waals surface area contributed by atoms with Crippen molar-refractivity contribution in [3.63, 3.8) is 0 Å². The van der Waals surface area contributed by atoms with E-state index in [0.29, 0.717) is 50.9 Å². The van der Waals surface area contributed by atoms with Crippen molar-refractivity contribution in [1.29, 1.82) is 0 Å². The number of hydrogen-bond acceptors (Lipinski definition) is 6. The Morgan fingerprint density at radius 3 is 2.37 bits per heavy atom. The second-order valence-corrected chi connectivity index (χ2v) is 7.81. The molecule has 9 nitrogen and oxygen atoms in total. The van der Waals surface area contributed by atoms with E-state index in [9.17, 15) is 24.3 Å². The van der Waals surface area contributed by atoms with Crippen LogP contribution in [0.1, 0.15) is 32.1 Å². The van der Waals surface area contributed by atoms with Crippen LogP contribution >= 0.6 is 11.8 Å². The van der Waals surface area contributed by atoms with E-state index in [4.69, 9.17) is 5.73 Å². The highest BCUT2D eigenvalue weighted by Crippen LogP contribution is 2.26. The minimum absolute atomic E-state index is 0.209. The standard InChI is InChI=1S/C17H28N4O5S/c1-27-9-6-11(19-14(22)10-18)15(23)20-7-2-4-12(20)16(24)21-8-3-5-13(21)17(25)26/h11-13H,2-10,18H2,1H3,(H,19,22)(H,25,26). The summed E-state index contributed by atoms with van der Waals surface area (Å²) >= 11 is 1.56. The number of hydrogen-bond donors (Lipinski definition) is 3. The number of nitrogens with zero attached hydrogens (tertiary/aromatic N) is 2. The molecule has 0 aromatic rings. The topological polar surface area (TPSA) is 133 Å². The van der Waals surface area contributed by atoms with Crippen LogP contribution in [0.25, 0.3) is 0 Å². The SMILES string of the molecule is CSCCC(NC(=O)CN)C(=O)N1CCCC1C(=O)N1CCCC1C(=O)O. The zero-order valence-corrected chi connectivity index (χ0v) is 16.4. The average molecular weight is 401 g/mol. The Bertz CT molecular complexity index is 588. The molecule has 0 radical (unpaired) electrons. The second kappa shape index (κ2) is 9.93. The third kappa shape index (κ3) is 5.13. The molecule has 10 heteroatoms. The van der Waals surface area contributed by atoms with Crippen LogP contribution in [0.15, 0.2) is 0 Å². The van der Waals surface area contributed by atoms with Gasteiger partial charge in [0.1, 0.15) is 18.1 Å². The fraction of sp³-hybridized carbons (Fsp3) is 0.765. The molecule has 3 amide bonds. The van der Waals surface area contributed by atoms with Crippen LogP contribution in [0, 0.1) is 0 Å². The molecular formula is C17H28N4O5S. The Labute approximate surface area is 163 Å². The van der Waals surface area contributed by atoms with Gasteiger partial charge in [-0.15, -0.1) is 0 Å². The lowest BCUT2D eigenvalue weighted by atomic mass is 10.1. The predicted molar refractivity (Wildman–Crippen MR) is 101 cm³/mol. The summed E-state index contributed by atoms with van der Waals surface area (Å²) < 4.78 is 0. The minimum Gasteiger partial charge on any atom is -0.480 e. The van der Waals surface area contributed by atoms with E-state index in [1.807, 2.05) is 6.26 Å². The van der Waals surface area contributed by atoms with E-state index in [2.05, 4.69) is 5.32 Å². The fourth-order valence-corrected chi connectivity index (χ4v) is 4.18. The Kier molecular flexibility index (Phi) is 7.91. The van der Waals surface area contributed by atoms with Crippen molar-refractivity contribution in [2.24, 2.45) is 5.73 Å². The van der Waals surface area contributed by atoms with Gasteiger partial charge in [-0.25, -0.2) is 4.79 Å². The number of carbonyl (C=O) groups is 4. The number of amides is 3. The van der Waals surface area contributed by atoms with Gasteiger partial charge in [-0.05, 0) is 44.1 Å². The summed E-state index contributed by atoms with van der Waals surface area (Å²) in [6.45, 7) is 0.614. The van der Waals surface area contributed by atoms with Crippen molar-refractivity contribution in [1.82, 2.24) is 15.1 Å².